The Kier molecular flexibility index (Phi) is 10.7. The van der Waals surface area contributed by atoms with Crippen molar-refractivity contribution in [3.8, 4) is 0 Å². The predicted octanol–water partition coefficient (Wildman–Crippen LogP) is 5.86. The number of ether oxygens (including phenoxy) is 5. The lowest BCUT2D eigenvalue weighted by molar-refractivity contribution is -0.227. The topological polar surface area (TPSA) is 114 Å². The molecule has 5 rings (SSSR count). The Labute approximate surface area is 266 Å². The van der Waals surface area contributed by atoms with E-state index in [0.717, 1.165) is 0 Å². The molecule has 5 unspecified atom stereocenters. The molecule has 0 saturated carbocycles. The Bertz CT molecular complexity index is 1620. The van der Waals surface area contributed by atoms with Crippen LogP contribution in [0.4, 0.5) is 0 Å². The van der Waals surface area contributed by atoms with E-state index in [1.165, 1.54) is 0 Å². The molecule has 1 aliphatic rings. The number of carbonyl (C=O) groups excluding carboxylic acids is 4. The van der Waals surface area contributed by atoms with E-state index in [-0.39, 0.29) is 29.7 Å². The minimum atomic E-state index is -1.37. The molecule has 0 aliphatic carbocycles. The van der Waals surface area contributed by atoms with Gasteiger partial charge in [0.2, 0.25) is 0 Å². The Morgan fingerprint density at radius 2 is 0.870 bits per heavy atom. The molecular formula is C37H32O9. The van der Waals surface area contributed by atoms with Gasteiger partial charge in [0, 0.05) is 0 Å². The highest BCUT2D eigenvalue weighted by atomic mass is 16.7. The van der Waals surface area contributed by atoms with Gasteiger partial charge in [0.15, 0.2) is 18.3 Å². The van der Waals surface area contributed by atoms with Gasteiger partial charge in [0.25, 0.3) is 0 Å². The molecule has 0 spiro atoms. The molecule has 5 atom stereocenters. The third-order valence-corrected chi connectivity index (χ3v) is 7.28. The zero-order chi connectivity index (χ0) is 32.3. The lowest BCUT2D eigenvalue weighted by Crippen LogP contribution is -2.62. The number of carbonyl (C=O) groups is 4. The van der Waals surface area contributed by atoms with E-state index in [1.807, 2.05) is 0 Å². The van der Waals surface area contributed by atoms with Gasteiger partial charge in [-0.3, -0.25) is 0 Å². The van der Waals surface area contributed by atoms with Crippen LogP contribution in [0.15, 0.2) is 134 Å². The standard InChI is InChI=1S/C37H32O9/c1-2-15-29-31(44-35(39)26-18-9-4-10-19-26)33(46-37(41)28-22-13-6-14-23-28)32(45-36(40)27-20-11-5-12-21-27)30(43-29)24-42-34(38)25-16-7-3-8-17-25/h2-14,16-23,29-33H,1,15,24H2. The van der Waals surface area contributed by atoms with E-state index in [1.54, 1.807) is 127 Å². The molecule has 0 radical (unpaired) electrons. The molecule has 1 fully saturated rings. The summed E-state index contributed by atoms with van der Waals surface area (Å²) in [6.45, 7) is 3.44. The van der Waals surface area contributed by atoms with Gasteiger partial charge in [-0.1, -0.05) is 78.9 Å². The summed E-state index contributed by atoms with van der Waals surface area (Å²) in [4.78, 5) is 53.2. The molecule has 46 heavy (non-hydrogen) atoms. The van der Waals surface area contributed by atoms with E-state index in [9.17, 15) is 19.2 Å². The van der Waals surface area contributed by atoms with Crippen LogP contribution in [0, 0.1) is 0 Å². The fraction of sp³-hybridized carbons (Fsp3) is 0.189. The van der Waals surface area contributed by atoms with Crippen molar-refractivity contribution in [3.63, 3.8) is 0 Å². The van der Waals surface area contributed by atoms with Gasteiger partial charge in [-0.05, 0) is 55.0 Å². The second-order valence-electron chi connectivity index (χ2n) is 10.4. The van der Waals surface area contributed by atoms with Crippen molar-refractivity contribution in [2.75, 3.05) is 6.61 Å². The number of benzene rings is 4. The van der Waals surface area contributed by atoms with Crippen LogP contribution in [0.1, 0.15) is 47.9 Å². The highest BCUT2D eigenvalue weighted by Crippen LogP contribution is 2.32. The molecule has 0 aromatic heterocycles. The summed E-state index contributed by atoms with van der Waals surface area (Å²) in [5.74, 6) is -2.82. The number of hydrogen-bond acceptors (Lipinski definition) is 9. The maximum absolute atomic E-state index is 13.5. The highest BCUT2D eigenvalue weighted by molar-refractivity contribution is 5.91. The SMILES string of the molecule is C=CCC1OC(COC(=O)c2ccccc2)C(OC(=O)c2ccccc2)C(OC(=O)c2ccccc2)C1OC(=O)c1ccccc1. The van der Waals surface area contributed by atoms with Gasteiger partial charge in [-0.25, -0.2) is 19.2 Å². The van der Waals surface area contributed by atoms with E-state index in [2.05, 4.69) is 6.58 Å². The lowest BCUT2D eigenvalue weighted by atomic mass is 9.92. The van der Waals surface area contributed by atoms with Crippen LogP contribution >= 0.6 is 0 Å². The molecule has 4 aromatic carbocycles. The Morgan fingerprint density at radius 1 is 0.522 bits per heavy atom. The molecule has 9 heteroatoms. The van der Waals surface area contributed by atoms with E-state index < -0.39 is 54.4 Å². The van der Waals surface area contributed by atoms with Gasteiger partial charge in [0.05, 0.1) is 22.3 Å². The first-order chi connectivity index (χ1) is 22.4. The van der Waals surface area contributed by atoms with E-state index in [0.29, 0.717) is 5.56 Å². The summed E-state index contributed by atoms with van der Waals surface area (Å²) in [5.41, 5.74) is 1.01. The minimum absolute atomic E-state index is 0.161. The molecule has 9 nitrogen and oxygen atoms in total. The van der Waals surface area contributed by atoms with Crippen molar-refractivity contribution >= 4 is 23.9 Å². The smallest absolute Gasteiger partial charge is 0.338 e. The average Bonchev–Trinajstić information content (AvgIpc) is 3.11. The first kappa shape index (κ1) is 31.9. The summed E-state index contributed by atoms with van der Waals surface area (Å²) in [6.07, 6.45) is -4.28. The average molecular weight is 621 g/mol. The first-order valence-corrected chi connectivity index (χ1v) is 14.7. The summed E-state index contributed by atoms with van der Waals surface area (Å²) in [7, 11) is 0. The molecule has 1 aliphatic heterocycles. The Balaban J connectivity index is 1.52. The molecular weight excluding hydrogens is 588 g/mol. The molecule has 0 bridgehead atoms. The normalized spacial score (nSPS) is 20.5. The Hall–Kier alpha value is -5.54. The van der Waals surface area contributed by atoms with E-state index >= 15 is 0 Å². The lowest BCUT2D eigenvalue weighted by Gasteiger charge is -2.44. The molecule has 234 valence electrons. The second-order valence-corrected chi connectivity index (χ2v) is 10.4. The second kappa shape index (κ2) is 15.5. The molecule has 0 N–H and O–H groups in total. The quantitative estimate of drug-likeness (QED) is 0.115. The van der Waals surface area contributed by atoms with Crippen molar-refractivity contribution in [1.82, 2.24) is 0 Å². The van der Waals surface area contributed by atoms with Crippen molar-refractivity contribution in [2.45, 2.75) is 36.9 Å². The third kappa shape index (κ3) is 7.94. The largest absolute Gasteiger partial charge is 0.459 e. The van der Waals surface area contributed by atoms with Gasteiger partial charge in [-0.2, -0.15) is 0 Å². The molecule has 0 amide bonds. The third-order valence-electron chi connectivity index (χ3n) is 7.28. The molecule has 1 saturated heterocycles. The predicted molar refractivity (Wildman–Crippen MR) is 167 cm³/mol. The maximum Gasteiger partial charge on any atom is 0.338 e. The van der Waals surface area contributed by atoms with Crippen molar-refractivity contribution in [1.29, 1.82) is 0 Å². The fourth-order valence-electron chi connectivity index (χ4n) is 5.01. The fourth-order valence-corrected chi connectivity index (χ4v) is 5.01. The van der Waals surface area contributed by atoms with Crippen molar-refractivity contribution in [2.24, 2.45) is 0 Å². The molecule has 4 aromatic rings. The summed E-state index contributed by atoms with van der Waals surface area (Å²) in [6, 6.07) is 33.1. The summed E-state index contributed by atoms with van der Waals surface area (Å²) in [5, 5.41) is 0. The summed E-state index contributed by atoms with van der Waals surface area (Å²) < 4.78 is 29.9. The maximum atomic E-state index is 13.5. The number of rotatable bonds is 11. The van der Waals surface area contributed by atoms with Crippen molar-refractivity contribution < 1.29 is 42.9 Å². The van der Waals surface area contributed by atoms with Crippen LogP contribution in [0.2, 0.25) is 0 Å². The van der Waals surface area contributed by atoms with E-state index in [4.69, 9.17) is 23.7 Å². The zero-order valence-electron chi connectivity index (χ0n) is 24.8. The van der Waals surface area contributed by atoms with Crippen LogP contribution in [-0.4, -0.2) is 61.0 Å². The minimum Gasteiger partial charge on any atom is -0.459 e. The Morgan fingerprint density at radius 3 is 1.26 bits per heavy atom. The van der Waals surface area contributed by atoms with Crippen LogP contribution in [-0.2, 0) is 23.7 Å². The zero-order valence-corrected chi connectivity index (χ0v) is 24.8. The number of hydrogen-bond donors (Lipinski definition) is 0. The van der Waals surface area contributed by atoms with Gasteiger partial charge < -0.3 is 23.7 Å². The van der Waals surface area contributed by atoms with Gasteiger partial charge in [0.1, 0.15) is 18.8 Å². The van der Waals surface area contributed by atoms with Crippen molar-refractivity contribution in [3.05, 3.63) is 156 Å². The van der Waals surface area contributed by atoms with Crippen LogP contribution in [0.3, 0.4) is 0 Å². The monoisotopic (exact) mass is 620 g/mol. The summed E-state index contributed by atoms with van der Waals surface area (Å²) >= 11 is 0. The first-order valence-electron chi connectivity index (χ1n) is 14.7. The van der Waals surface area contributed by atoms with Crippen LogP contribution in [0.25, 0.3) is 0 Å². The molecule has 1 heterocycles. The van der Waals surface area contributed by atoms with Gasteiger partial charge >= 0.3 is 23.9 Å². The number of esters is 4. The highest BCUT2D eigenvalue weighted by Gasteiger charge is 2.52. The van der Waals surface area contributed by atoms with Crippen LogP contribution < -0.4 is 0 Å². The van der Waals surface area contributed by atoms with Crippen LogP contribution in [0.5, 0.6) is 0 Å². The van der Waals surface area contributed by atoms with Gasteiger partial charge in [-0.15, -0.1) is 6.58 Å².